The molecule has 0 saturated carbocycles. The van der Waals surface area contributed by atoms with E-state index in [4.69, 9.17) is 14.7 Å². The minimum atomic E-state index is -0.525. The van der Waals surface area contributed by atoms with Crippen molar-refractivity contribution >= 4 is 28.9 Å². The predicted molar refractivity (Wildman–Crippen MR) is 99.5 cm³/mol. The Balaban J connectivity index is 2.04. The second-order valence-corrected chi connectivity index (χ2v) is 6.65. The Morgan fingerprint density at radius 1 is 1.19 bits per heavy atom. The van der Waals surface area contributed by atoms with Gasteiger partial charge >= 0.3 is 5.97 Å². The number of aryl methyl sites for hydroxylation is 1. The third-order valence-electron chi connectivity index (χ3n) is 3.48. The van der Waals surface area contributed by atoms with Crippen molar-refractivity contribution in [3.05, 3.63) is 46.2 Å². The summed E-state index contributed by atoms with van der Waals surface area (Å²) in [5.74, 6) is -0.210. The van der Waals surface area contributed by atoms with E-state index in [1.54, 1.807) is 30.3 Å². The molecule has 0 fully saturated rings. The van der Waals surface area contributed by atoms with Crippen molar-refractivity contribution in [2.75, 3.05) is 24.7 Å². The molecule has 0 aliphatic heterocycles. The van der Waals surface area contributed by atoms with Crippen LogP contribution in [0, 0.1) is 18.3 Å². The minimum absolute atomic E-state index is 0.178. The van der Waals surface area contributed by atoms with Crippen LogP contribution in [0.3, 0.4) is 0 Å². The normalized spacial score (nSPS) is 10.0. The molecule has 1 amide bonds. The van der Waals surface area contributed by atoms with Crippen LogP contribution in [0.1, 0.15) is 27.9 Å². The zero-order chi connectivity index (χ0) is 18.9. The van der Waals surface area contributed by atoms with E-state index in [2.05, 4.69) is 0 Å². The number of nitriles is 1. The largest absolute Gasteiger partial charge is 0.494 e. The second kappa shape index (κ2) is 9.59. The van der Waals surface area contributed by atoms with Gasteiger partial charge in [-0.3, -0.25) is 4.79 Å². The number of thiophene rings is 1. The summed E-state index contributed by atoms with van der Waals surface area (Å²) in [7, 11) is 0. The molecule has 0 spiro atoms. The molecule has 0 unspecified atom stereocenters. The average Bonchev–Trinajstić information content (AvgIpc) is 3.08. The Morgan fingerprint density at radius 3 is 2.50 bits per heavy atom. The molecule has 1 aromatic heterocycles. The number of ether oxygens (including phenoxy) is 2. The number of anilines is 1. The number of carbonyl (C=O) groups excluding carboxylic acids is 2. The van der Waals surface area contributed by atoms with Gasteiger partial charge in [-0.05, 0) is 50.2 Å². The fourth-order valence-corrected chi connectivity index (χ4v) is 3.03. The number of rotatable bonds is 8. The molecule has 2 aromatic rings. The van der Waals surface area contributed by atoms with Crippen LogP contribution in [0.5, 0.6) is 5.75 Å². The monoisotopic (exact) mass is 372 g/mol. The van der Waals surface area contributed by atoms with Crippen LogP contribution < -0.4 is 9.64 Å². The molecular weight excluding hydrogens is 352 g/mol. The van der Waals surface area contributed by atoms with Crippen molar-refractivity contribution in [3.63, 3.8) is 0 Å². The van der Waals surface area contributed by atoms with Gasteiger partial charge < -0.3 is 14.4 Å². The lowest BCUT2D eigenvalue weighted by atomic mass is 10.2. The summed E-state index contributed by atoms with van der Waals surface area (Å²) >= 11 is 1.32. The van der Waals surface area contributed by atoms with Crippen LogP contribution in [-0.4, -0.2) is 31.6 Å². The Bertz CT molecular complexity index is 793. The summed E-state index contributed by atoms with van der Waals surface area (Å²) in [6.07, 6.45) is 0.178. The molecule has 6 nitrogen and oxygen atoms in total. The lowest BCUT2D eigenvalue weighted by Crippen LogP contribution is -2.35. The van der Waals surface area contributed by atoms with E-state index >= 15 is 0 Å². The third kappa shape index (κ3) is 5.33. The Morgan fingerprint density at radius 2 is 1.92 bits per heavy atom. The highest BCUT2D eigenvalue weighted by Gasteiger charge is 2.19. The zero-order valence-corrected chi connectivity index (χ0v) is 15.5. The molecule has 1 heterocycles. The number of carbonyl (C=O) groups is 2. The molecular formula is C19H20N2O4S. The topological polar surface area (TPSA) is 79.6 Å². The molecule has 0 saturated heterocycles. The molecule has 1 aromatic carbocycles. The molecule has 0 radical (unpaired) electrons. The Labute approximate surface area is 156 Å². The fraction of sp³-hybridized carbons (Fsp3) is 0.316. The van der Waals surface area contributed by atoms with Crippen molar-refractivity contribution in [3.8, 4) is 11.8 Å². The van der Waals surface area contributed by atoms with Crippen LogP contribution in [0.4, 0.5) is 5.69 Å². The van der Waals surface area contributed by atoms with Crippen LogP contribution in [-0.2, 0) is 9.53 Å². The van der Waals surface area contributed by atoms with Gasteiger partial charge in [0.05, 0.1) is 19.1 Å². The first-order chi connectivity index (χ1) is 12.5. The van der Waals surface area contributed by atoms with Gasteiger partial charge in [0.2, 0.25) is 0 Å². The number of nitrogens with zero attached hydrogens (tertiary/aromatic N) is 2. The van der Waals surface area contributed by atoms with Crippen molar-refractivity contribution < 1.29 is 19.1 Å². The smallest absolute Gasteiger partial charge is 0.348 e. The van der Waals surface area contributed by atoms with E-state index < -0.39 is 5.97 Å². The molecule has 26 heavy (non-hydrogen) atoms. The van der Waals surface area contributed by atoms with E-state index in [1.165, 1.54) is 16.2 Å². The summed E-state index contributed by atoms with van der Waals surface area (Å²) < 4.78 is 10.5. The minimum Gasteiger partial charge on any atom is -0.494 e. The number of benzene rings is 1. The number of esters is 1. The highest BCUT2D eigenvalue weighted by atomic mass is 32.1. The molecule has 0 aliphatic carbocycles. The quantitative estimate of drug-likeness (QED) is 0.662. The Hall–Kier alpha value is -2.85. The van der Waals surface area contributed by atoms with E-state index in [0.29, 0.717) is 22.9 Å². The lowest BCUT2D eigenvalue weighted by Gasteiger charge is -2.22. The molecule has 7 heteroatoms. The maximum Gasteiger partial charge on any atom is 0.348 e. The van der Waals surface area contributed by atoms with Crippen LogP contribution in [0.2, 0.25) is 0 Å². The van der Waals surface area contributed by atoms with Gasteiger partial charge in [0, 0.05) is 17.1 Å². The third-order valence-corrected chi connectivity index (χ3v) is 4.46. The van der Waals surface area contributed by atoms with E-state index in [1.807, 2.05) is 26.0 Å². The number of hydrogen-bond donors (Lipinski definition) is 0. The van der Waals surface area contributed by atoms with Crippen LogP contribution in [0.15, 0.2) is 36.4 Å². The van der Waals surface area contributed by atoms with Gasteiger partial charge in [-0.25, -0.2) is 4.79 Å². The van der Waals surface area contributed by atoms with Crippen molar-refractivity contribution in [2.45, 2.75) is 20.3 Å². The summed E-state index contributed by atoms with van der Waals surface area (Å²) in [6.45, 7) is 4.17. The molecule has 136 valence electrons. The van der Waals surface area contributed by atoms with E-state index in [0.717, 1.165) is 4.88 Å². The molecule has 0 atom stereocenters. The van der Waals surface area contributed by atoms with Gasteiger partial charge in [-0.2, -0.15) is 5.26 Å². The summed E-state index contributed by atoms with van der Waals surface area (Å²) in [6, 6.07) is 12.5. The van der Waals surface area contributed by atoms with Crippen molar-refractivity contribution in [1.82, 2.24) is 0 Å². The summed E-state index contributed by atoms with van der Waals surface area (Å²) in [4.78, 5) is 27.4. The van der Waals surface area contributed by atoms with Crippen LogP contribution in [0.25, 0.3) is 0 Å². The fourth-order valence-electron chi connectivity index (χ4n) is 2.27. The first-order valence-electron chi connectivity index (χ1n) is 8.19. The van der Waals surface area contributed by atoms with Crippen molar-refractivity contribution in [2.24, 2.45) is 0 Å². The maximum absolute atomic E-state index is 12.5. The first kappa shape index (κ1) is 19.5. The molecule has 0 N–H and O–H groups in total. The van der Waals surface area contributed by atoms with Gasteiger partial charge in [0.15, 0.2) is 6.61 Å². The highest BCUT2D eigenvalue weighted by Crippen LogP contribution is 2.21. The summed E-state index contributed by atoms with van der Waals surface area (Å²) in [5.41, 5.74) is 0.622. The van der Waals surface area contributed by atoms with Crippen LogP contribution >= 0.6 is 11.3 Å². The van der Waals surface area contributed by atoms with Gasteiger partial charge in [0.25, 0.3) is 5.91 Å². The SMILES string of the molecule is CCOc1ccc(N(CCC#N)C(=O)COC(=O)c2ccc(C)s2)cc1. The zero-order valence-electron chi connectivity index (χ0n) is 14.7. The second-order valence-electron chi connectivity index (χ2n) is 5.37. The maximum atomic E-state index is 12.5. The van der Waals surface area contributed by atoms with E-state index in [9.17, 15) is 9.59 Å². The first-order valence-corrected chi connectivity index (χ1v) is 9.00. The summed E-state index contributed by atoms with van der Waals surface area (Å²) in [5, 5.41) is 8.84. The van der Waals surface area contributed by atoms with Gasteiger partial charge in [0.1, 0.15) is 10.6 Å². The molecule has 0 bridgehead atoms. The van der Waals surface area contributed by atoms with Gasteiger partial charge in [-0.15, -0.1) is 11.3 Å². The van der Waals surface area contributed by atoms with Gasteiger partial charge in [-0.1, -0.05) is 0 Å². The number of amides is 1. The molecule has 0 aliphatic rings. The lowest BCUT2D eigenvalue weighted by molar-refractivity contribution is -0.121. The number of hydrogen-bond acceptors (Lipinski definition) is 6. The standard InChI is InChI=1S/C19H20N2O4S/c1-3-24-16-8-6-15(7-9-16)21(12-4-11-20)18(22)13-25-19(23)17-10-5-14(2)26-17/h5-10H,3-4,12-13H2,1-2H3. The average molecular weight is 372 g/mol. The Kier molecular flexibility index (Phi) is 7.18. The molecule has 2 rings (SSSR count). The van der Waals surface area contributed by atoms with E-state index in [-0.39, 0.29) is 25.5 Å². The predicted octanol–water partition coefficient (Wildman–Crippen LogP) is 3.56. The van der Waals surface area contributed by atoms with Crippen molar-refractivity contribution in [1.29, 1.82) is 5.26 Å². The highest BCUT2D eigenvalue weighted by molar-refractivity contribution is 7.13.